The van der Waals surface area contributed by atoms with Crippen LogP contribution < -0.4 is 0 Å². The smallest absolute Gasteiger partial charge is 0.0790 e. The molecule has 14 heavy (non-hydrogen) atoms. The van der Waals surface area contributed by atoms with Crippen molar-refractivity contribution >= 4 is 0 Å². The third-order valence-corrected chi connectivity index (χ3v) is 3.57. The summed E-state index contributed by atoms with van der Waals surface area (Å²) in [5.74, 6) is 1.51. The molecule has 2 aliphatic rings. The molecule has 2 rings (SSSR count). The summed E-state index contributed by atoms with van der Waals surface area (Å²) >= 11 is 0. The largest absolute Gasteiger partial charge is 0.326 e. The summed E-state index contributed by atoms with van der Waals surface area (Å²) < 4.78 is 1.30. The summed E-state index contributed by atoms with van der Waals surface area (Å²) in [6.07, 6.45) is 14.3. The van der Waals surface area contributed by atoms with Crippen molar-refractivity contribution < 1.29 is 4.48 Å². The van der Waals surface area contributed by atoms with Gasteiger partial charge in [0.2, 0.25) is 0 Å². The van der Waals surface area contributed by atoms with Gasteiger partial charge in [-0.05, 0) is 50.9 Å². The fourth-order valence-electron chi connectivity index (χ4n) is 2.48. The molecule has 0 aromatic heterocycles. The number of hydrogen-bond acceptors (Lipinski definition) is 0. The Bertz CT molecular complexity index is 164. The minimum atomic E-state index is 1.25. The van der Waals surface area contributed by atoms with Gasteiger partial charge in [-0.25, -0.2) is 0 Å². The molecule has 1 aliphatic carbocycles. The quantitative estimate of drug-likeness (QED) is 0.601. The number of quaternary nitrogens is 1. The molecule has 0 bridgehead atoms. The van der Waals surface area contributed by atoms with Crippen molar-refractivity contribution in [2.75, 3.05) is 26.7 Å². The van der Waals surface area contributed by atoms with Crippen molar-refractivity contribution in [3.05, 3.63) is 31.6 Å². The minimum absolute atomic E-state index is 1.25. The van der Waals surface area contributed by atoms with E-state index in [2.05, 4.69) is 32.7 Å². The van der Waals surface area contributed by atoms with Gasteiger partial charge in [0.15, 0.2) is 0 Å². The van der Waals surface area contributed by atoms with Crippen LogP contribution >= 0.6 is 0 Å². The summed E-state index contributed by atoms with van der Waals surface area (Å²) in [5.41, 5.74) is 0. The van der Waals surface area contributed by atoms with Gasteiger partial charge in [0.25, 0.3) is 0 Å². The van der Waals surface area contributed by atoms with Gasteiger partial charge in [-0.1, -0.05) is 0 Å². The van der Waals surface area contributed by atoms with Crippen LogP contribution in [-0.2, 0) is 0 Å². The highest BCUT2D eigenvalue weighted by atomic mass is 15.3. The minimum Gasteiger partial charge on any atom is -0.326 e. The predicted octanol–water partition coefficient (Wildman–Crippen LogP) is 2.41. The molecule has 0 aromatic rings. The lowest BCUT2D eigenvalue weighted by atomic mass is 10.0. The van der Waals surface area contributed by atoms with Crippen molar-refractivity contribution in [1.29, 1.82) is 0 Å². The van der Waals surface area contributed by atoms with E-state index >= 15 is 0 Å². The van der Waals surface area contributed by atoms with E-state index in [-0.39, 0.29) is 0 Å². The number of hydrogen-bond donors (Lipinski definition) is 0. The Morgan fingerprint density at radius 2 is 1.71 bits per heavy atom. The molecule has 0 N–H and O–H groups in total. The lowest BCUT2D eigenvalue weighted by Crippen LogP contribution is -2.48. The van der Waals surface area contributed by atoms with E-state index in [1.54, 1.807) is 0 Å². The average molecular weight is 191 g/mol. The lowest BCUT2D eigenvalue weighted by molar-refractivity contribution is -0.913. The molecule has 1 nitrogen and oxygen atoms in total. The highest BCUT2D eigenvalue weighted by Crippen LogP contribution is 2.28. The highest BCUT2D eigenvalue weighted by molar-refractivity contribution is 5.34. The Morgan fingerprint density at radius 1 is 1.07 bits per heavy atom. The summed E-state index contributed by atoms with van der Waals surface area (Å²) in [4.78, 5) is 0. The maximum absolute atomic E-state index is 2.42. The Hall–Kier alpha value is -0.0400. The summed E-state index contributed by atoms with van der Waals surface area (Å²) in [6.45, 7) is 4.10. The van der Waals surface area contributed by atoms with Crippen molar-refractivity contribution in [2.24, 2.45) is 0 Å². The molecule has 1 saturated heterocycles. The van der Waals surface area contributed by atoms with Gasteiger partial charge in [-0.15, -0.1) is 0 Å². The van der Waals surface area contributed by atoms with Crippen molar-refractivity contribution in [3.63, 3.8) is 0 Å². The zero-order valence-corrected chi connectivity index (χ0v) is 9.21. The van der Waals surface area contributed by atoms with Crippen LogP contribution in [0.3, 0.4) is 0 Å². The summed E-state index contributed by atoms with van der Waals surface area (Å²) in [6, 6.07) is 0. The topological polar surface area (TPSA) is 0 Å². The zero-order chi connectivity index (χ0) is 9.86. The van der Waals surface area contributed by atoms with E-state index in [0.29, 0.717) is 0 Å². The number of nitrogens with zero attached hydrogens (tertiary/aromatic N) is 1. The van der Waals surface area contributed by atoms with Gasteiger partial charge in [0, 0.05) is 6.42 Å². The standard InChI is InChI=1S/C13H21N/c1-14(10-5-2-6-11-14)12-9-13-7-3-4-8-13/h3-4,7-8H,2,5-6,9-12H2,1H3/q+1. The molecule has 0 amide bonds. The second-order valence-corrected chi connectivity index (χ2v) is 4.89. The lowest BCUT2D eigenvalue weighted by Gasteiger charge is -2.38. The van der Waals surface area contributed by atoms with Gasteiger partial charge in [0.05, 0.1) is 26.7 Å². The molecule has 1 saturated carbocycles. The molecular weight excluding hydrogens is 170 g/mol. The summed E-state index contributed by atoms with van der Waals surface area (Å²) in [5, 5.41) is 0. The first-order valence-corrected chi connectivity index (χ1v) is 5.83. The Balaban J connectivity index is 1.72. The van der Waals surface area contributed by atoms with Crippen LogP contribution in [0.2, 0.25) is 0 Å². The maximum atomic E-state index is 2.42. The normalized spacial score (nSPS) is 28.1. The first kappa shape index (κ1) is 10.5. The first-order chi connectivity index (χ1) is 6.79. The molecule has 5 radical (unpaired) electrons. The van der Waals surface area contributed by atoms with Crippen LogP contribution in [-0.4, -0.2) is 31.2 Å². The van der Waals surface area contributed by atoms with Crippen LogP contribution in [0.4, 0.5) is 0 Å². The van der Waals surface area contributed by atoms with E-state index in [9.17, 15) is 0 Å². The van der Waals surface area contributed by atoms with Gasteiger partial charge >= 0.3 is 0 Å². The molecule has 1 aliphatic heterocycles. The van der Waals surface area contributed by atoms with Gasteiger partial charge in [-0.3, -0.25) is 0 Å². The second kappa shape index (κ2) is 4.65. The molecule has 0 unspecified atom stereocenters. The number of rotatable bonds is 3. The third-order valence-electron chi connectivity index (χ3n) is 3.57. The second-order valence-electron chi connectivity index (χ2n) is 4.89. The summed E-state index contributed by atoms with van der Waals surface area (Å²) in [7, 11) is 2.42. The van der Waals surface area contributed by atoms with Crippen molar-refractivity contribution in [3.8, 4) is 0 Å². The Kier molecular flexibility index (Phi) is 3.48. The first-order valence-electron chi connectivity index (χ1n) is 5.83. The molecule has 0 atom stereocenters. The van der Waals surface area contributed by atoms with Gasteiger partial charge in [0.1, 0.15) is 0 Å². The van der Waals surface area contributed by atoms with E-state index < -0.39 is 0 Å². The van der Waals surface area contributed by atoms with Crippen molar-refractivity contribution in [2.45, 2.75) is 25.7 Å². The highest BCUT2D eigenvalue weighted by Gasteiger charge is 2.26. The zero-order valence-electron chi connectivity index (χ0n) is 9.21. The van der Waals surface area contributed by atoms with E-state index in [1.807, 2.05) is 0 Å². The van der Waals surface area contributed by atoms with Gasteiger partial charge < -0.3 is 4.48 Å². The SMILES string of the molecule is C[N+]1(CC[C]2[CH][CH][CH][CH]2)CCCCC1. The average Bonchev–Trinajstić information content (AvgIpc) is 2.69. The molecular formula is C13H21N+. The van der Waals surface area contributed by atoms with Crippen LogP contribution in [0.15, 0.2) is 0 Å². The molecule has 77 valence electrons. The molecule has 0 spiro atoms. The van der Waals surface area contributed by atoms with Crippen LogP contribution in [0.5, 0.6) is 0 Å². The molecule has 0 aromatic carbocycles. The monoisotopic (exact) mass is 191 g/mol. The Morgan fingerprint density at radius 3 is 2.36 bits per heavy atom. The van der Waals surface area contributed by atoms with E-state index in [1.165, 1.54) is 55.7 Å². The number of likely N-dealkylation sites (tertiary alicyclic amines) is 1. The third kappa shape index (κ3) is 2.73. The molecule has 1 heterocycles. The Labute approximate surface area is 89.1 Å². The fraction of sp³-hybridized carbons (Fsp3) is 0.615. The van der Waals surface area contributed by atoms with Crippen LogP contribution in [0, 0.1) is 31.6 Å². The van der Waals surface area contributed by atoms with E-state index in [4.69, 9.17) is 0 Å². The van der Waals surface area contributed by atoms with Gasteiger partial charge in [-0.2, -0.15) is 0 Å². The van der Waals surface area contributed by atoms with Crippen LogP contribution in [0.1, 0.15) is 25.7 Å². The maximum Gasteiger partial charge on any atom is 0.0790 e. The number of piperidine rings is 1. The predicted molar refractivity (Wildman–Crippen MR) is 59.7 cm³/mol. The van der Waals surface area contributed by atoms with Crippen molar-refractivity contribution in [1.82, 2.24) is 0 Å². The van der Waals surface area contributed by atoms with Crippen LogP contribution in [0.25, 0.3) is 0 Å². The fourth-order valence-corrected chi connectivity index (χ4v) is 2.48. The molecule has 2 fully saturated rings. The van der Waals surface area contributed by atoms with E-state index in [0.717, 1.165) is 0 Å². The molecule has 1 heteroatoms.